The van der Waals surface area contributed by atoms with E-state index >= 15 is 0 Å². The van der Waals surface area contributed by atoms with Crippen LogP contribution in [0.3, 0.4) is 0 Å². The predicted molar refractivity (Wildman–Crippen MR) is 78.7 cm³/mol. The van der Waals surface area contributed by atoms with Crippen LogP contribution in [-0.4, -0.2) is 50.9 Å². The standard InChI is InChI=1S/C12H19N3O4S/c1-13-12-5-4-11(15(16)17)8-10(12)9-14(2)6-7-20(3,18)19/h4-5,8,13H,6-7,9H2,1-3H3. The molecule has 0 atom stereocenters. The van der Waals surface area contributed by atoms with Gasteiger partial charge in [0.15, 0.2) is 0 Å². The lowest BCUT2D eigenvalue weighted by atomic mass is 10.1. The van der Waals surface area contributed by atoms with Crippen LogP contribution >= 0.6 is 0 Å². The van der Waals surface area contributed by atoms with Gasteiger partial charge in [-0.25, -0.2) is 8.42 Å². The van der Waals surface area contributed by atoms with Gasteiger partial charge < -0.3 is 10.2 Å². The number of hydrogen-bond donors (Lipinski definition) is 1. The first kappa shape index (κ1) is 16.4. The minimum Gasteiger partial charge on any atom is -0.388 e. The molecule has 0 radical (unpaired) electrons. The lowest BCUT2D eigenvalue weighted by Gasteiger charge is -2.18. The second-order valence-electron chi connectivity index (χ2n) is 4.72. The minimum atomic E-state index is -3.01. The Bertz CT molecular complexity index is 586. The fraction of sp³-hybridized carbons (Fsp3) is 0.500. The first-order valence-corrected chi connectivity index (χ1v) is 8.10. The van der Waals surface area contributed by atoms with Crippen molar-refractivity contribution in [2.75, 3.05) is 38.0 Å². The van der Waals surface area contributed by atoms with Crippen LogP contribution in [0.15, 0.2) is 18.2 Å². The predicted octanol–water partition coefficient (Wildman–Crippen LogP) is 1.11. The van der Waals surface area contributed by atoms with Crippen LogP contribution in [0.4, 0.5) is 11.4 Å². The Balaban J connectivity index is 2.84. The van der Waals surface area contributed by atoms with Gasteiger partial charge in [-0.05, 0) is 18.7 Å². The largest absolute Gasteiger partial charge is 0.388 e. The third kappa shape index (κ3) is 5.14. The van der Waals surface area contributed by atoms with Gasteiger partial charge in [0.1, 0.15) is 9.84 Å². The second kappa shape index (κ2) is 6.67. The Morgan fingerprint density at radius 1 is 1.40 bits per heavy atom. The molecule has 0 unspecified atom stereocenters. The van der Waals surface area contributed by atoms with Crippen molar-refractivity contribution in [3.8, 4) is 0 Å². The van der Waals surface area contributed by atoms with Crippen LogP contribution in [-0.2, 0) is 16.4 Å². The number of nitrogens with one attached hydrogen (secondary N) is 1. The maximum Gasteiger partial charge on any atom is 0.269 e. The van der Waals surface area contributed by atoms with E-state index in [-0.39, 0.29) is 11.4 Å². The maximum absolute atomic E-state index is 11.1. The summed E-state index contributed by atoms with van der Waals surface area (Å²) in [4.78, 5) is 12.2. The average molecular weight is 301 g/mol. The Kier molecular flexibility index (Phi) is 5.46. The molecule has 1 aromatic rings. The normalized spacial score (nSPS) is 11.6. The molecule has 112 valence electrons. The maximum atomic E-state index is 11.1. The number of hydrogen-bond acceptors (Lipinski definition) is 6. The van der Waals surface area contributed by atoms with Crippen LogP contribution in [0.2, 0.25) is 0 Å². The molecular weight excluding hydrogens is 282 g/mol. The molecule has 0 aliphatic rings. The van der Waals surface area contributed by atoms with Crippen LogP contribution < -0.4 is 5.32 Å². The molecule has 0 heterocycles. The SMILES string of the molecule is CNc1ccc([N+](=O)[O-])cc1CN(C)CCS(C)(=O)=O. The van der Waals surface area contributed by atoms with Crippen molar-refractivity contribution in [1.82, 2.24) is 4.90 Å². The zero-order valence-electron chi connectivity index (χ0n) is 11.8. The summed E-state index contributed by atoms with van der Waals surface area (Å²) in [6.07, 6.45) is 1.19. The van der Waals surface area contributed by atoms with Gasteiger partial charge in [-0.2, -0.15) is 0 Å². The number of anilines is 1. The van der Waals surface area contributed by atoms with Gasteiger partial charge >= 0.3 is 0 Å². The Hall–Kier alpha value is -1.67. The van der Waals surface area contributed by atoms with E-state index in [9.17, 15) is 18.5 Å². The zero-order valence-corrected chi connectivity index (χ0v) is 12.6. The van der Waals surface area contributed by atoms with E-state index in [1.165, 1.54) is 18.4 Å². The van der Waals surface area contributed by atoms with Crippen molar-refractivity contribution in [3.05, 3.63) is 33.9 Å². The molecule has 0 spiro atoms. The molecule has 1 N–H and O–H groups in total. The highest BCUT2D eigenvalue weighted by atomic mass is 32.2. The van der Waals surface area contributed by atoms with Gasteiger partial charge in [-0.15, -0.1) is 0 Å². The zero-order chi connectivity index (χ0) is 15.3. The Labute approximate surface area is 118 Å². The summed E-state index contributed by atoms with van der Waals surface area (Å²) in [5.74, 6) is 0.0628. The van der Waals surface area contributed by atoms with Gasteiger partial charge in [0.05, 0.1) is 10.7 Å². The Morgan fingerprint density at radius 2 is 2.05 bits per heavy atom. The topological polar surface area (TPSA) is 92.6 Å². The van der Waals surface area contributed by atoms with E-state index in [0.717, 1.165) is 11.3 Å². The Morgan fingerprint density at radius 3 is 2.55 bits per heavy atom. The lowest BCUT2D eigenvalue weighted by molar-refractivity contribution is -0.384. The smallest absolute Gasteiger partial charge is 0.269 e. The monoisotopic (exact) mass is 301 g/mol. The van der Waals surface area contributed by atoms with Gasteiger partial charge in [0, 0.05) is 44.2 Å². The highest BCUT2D eigenvalue weighted by Gasteiger charge is 2.13. The van der Waals surface area contributed by atoms with Crippen molar-refractivity contribution in [2.24, 2.45) is 0 Å². The summed E-state index contributed by atoms with van der Waals surface area (Å²) in [5.41, 5.74) is 1.58. The van der Waals surface area contributed by atoms with E-state index in [2.05, 4.69) is 5.32 Å². The van der Waals surface area contributed by atoms with Gasteiger partial charge in [-0.1, -0.05) is 0 Å². The highest BCUT2D eigenvalue weighted by Crippen LogP contribution is 2.22. The highest BCUT2D eigenvalue weighted by molar-refractivity contribution is 7.90. The quantitative estimate of drug-likeness (QED) is 0.599. The van der Waals surface area contributed by atoms with Crippen molar-refractivity contribution in [1.29, 1.82) is 0 Å². The van der Waals surface area contributed by atoms with Crippen molar-refractivity contribution < 1.29 is 13.3 Å². The van der Waals surface area contributed by atoms with Crippen molar-refractivity contribution in [3.63, 3.8) is 0 Å². The van der Waals surface area contributed by atoms with Crippen LogP contribution in [0, 0.1) is 10.1 Å². The molecule has 0 aliphatic carbocycles. The molecule has 8 heteroatoms. The number of non-ortho nitro benzene ring substituents is 1. The van der Waals surface area contributed by atoms with E-state index in [4.69, 9.17) is 0 Å². The molecule has 1 aromatic carbocycles. The summed E-state index contributed by atoms with van der Waals surface area (Å²) < 4.78 is 22.3. The molecular formula is C12H19N3O4S. The van der Waals surface area contributed by atoms with Gasteiger partial charge in [0.25, 0.3) is 5.69 Å². The molecule has 0 aliphatic heterocycles. The number of sulfone groups is 1. The minimum absolute atomic E-state index is 0.0236. The van der Waals surface area contributed by atoms with Crippen molar-refractivity contribution >= 4 is 21.2 Å². The average Bonchev–Trinajstić information content (AvgIpc) is 2.35. The van der Waals surface area contributed by atoms with E-state index in [1.807, 2.05) is 4.90 Å². The molecule has 1 rings (SSSR count). The van der Waals surface area contributed by atoms with E-state index < -0.39 is 14.8 Å². The molecule has 0 fully saturated rings. The summed E-state index contributed by atoms with van der Waals surface area (Å²) >= 11 is 0. The van der Waals surface area contributed by atoms with Crippen LogP contribution in [0.25, 0.3) is 0 Å². The molecule has 0 saturated heterocycles. The molecule has 0 aromatic heterocycles. The van der Waals surface area contributed by atoms with Crippen LogP contribution in [0.5, 0.6) is 0 Å². The van der Waals surface area contributed by atoms with E-state index in [0.29, 0.717) is 13.1 Å². The number of rotatable bonds is 7. The van der Waals surface area contributed by atoms with E-state index in [1.54, 1.807) is 20.2 Å². The number of nitrogens with zero attached hydrogens (tertiary/aromatic N) is 2. The number of nitro groups is 1. The number of benzene rings is 1. The second-order valence-corrected chi connectivity index (χ2v) is 6.98. The summed E-state index contributed by atoms with van der Waals surface area (Å²) in [5, 5.41) is 13.8. The number of nitro benzene ring substituents is 1. The third-order valence-electron chi connectivity index (χ3n) is 2.85. The van der Waals surface area contributed by atoms with Crippen LogP contribution in [0.1, 0.15) is 5.56 Å². The lowest BCUT2D eigenvalue weighted by Crippen LogP contribution is -2.25. The first-order valence-electron chi connectivity index (χ1n) is 6.04. The molecule has 0 amide bonds. The molecule has 0 saturated carbocycles. The van der Waals surface area contributed by atoms with Gasteiger partial charge in [-0.3, -0.25) is 10.1 Å². The fourth-order valence-electron chi connectivity index (χ4n) is 1.76. The third-order valence-corrected chi connectivity index (χ3v) is 3.78. The van der Waals surface area contributed by atoms with Crippen molar-refractivity contribution in [2.45, 2.75) is 6.54 Å². The molecule has 7 nitrogen and oxygen atoms in total. The molecule has 20 heavy (non-hydrogen) atoms. The first-order chi connectivity index (χ1) is 9.23. The summed E-state index contributed by atoms with van der Waals surface area (Å²) in [6.45, 7) is 0.818. The summed E-state index contributed by atoms with van der Waals surface area (Å²) in [7, 11) is 0.504. The van der Waals surface area contributed by atoms with Gasteiger partial charge in [0.2, 0.25) is 0 Å². The molecule has 0 bridgehead atoms. The fourth-order valence-corrected chi connectivity index (χ4v) is 2.40. The summed E-state index contributed by atoms with van der Waals surface area (Å²) in [6, 6.07) is 4.59.